The van der Waals surface area contributed by atoms with Crippen LogP contribution in [0.25, 0.3) is 10.9 Å². The van der Waals surface area contributed by atoms with Crippen LogP contribution in [0.3, 0.4) is 0 Å². The van der Waals surface area contributed by atoms with Gasteiger partial charge in [0.05, 0.1) is 12.6 Å². The number of methoxy groups -OCH3 is 1. The number of aromatic nitrogens is 2. The molecule has 1 heterocycles. The molecule has 1 aromatic heterocycles. The molecular formula is C11H14N4O. The van der Waals surface area contributed by atoms with Crippen LogP contribution in [0.4, 0.5) is 5.82 Å². The molecule has 1 aromatic carbocycles. The highest BCUT2D eigenvalue weighted by Crippen LogP contribution is 2.23. The lowest BCUT2D eigenvalue weighted by atomic mass is 10.2. The highest BCUT2D eigenvalue weighted by Gasteiger charge is 2.05. The molecule has 2 rings (SSSR count). The number of hydrogen-bond acceptors (Lipinski definition) is 5. The molecule has 0 aliphatic heterocycles. The van der Waals surface area contributed by atoms with Crippen LogP contribution in [-0.4, -0.2) is 23.6 Å². The third-order valence-corrected chi connectivity index (χ3v) is 2.35. The van der Waals surface area contributed by atoms with E-state index in [9.17, 15) is 0 Å². The van der Waals surface area contributed by atoms with Crippen molar-refractivity contribution >= 4 is 16.7 Å². The minimum absolute atomic E-state index is 0.465. The van der Waals surface area contributed by atoms with E-state index in [-0.39, 0.29) is 0 Å². The summed E-state index contributed by atoms with van der Waals surface area (Å²) in [5, 5.41) is 0.806. The number of hydrogen-bond donors (Lipinski definition) is 2. The van der Waals surface area contributed by atoms with Crippen LogP contribution < -0.4 is 16.2 Å². The SMILES string of the molecule is COc1ccc2nc(CCN)nc(N)c2c1. The molecule has 4 N–H and O–H groups in total. The Morgan fingerprint density at radius 2 is 2.12 bits per heavy atom. The van der Waals surface area contributed by atoms with E-state index in [2.05, 4.69) is 9.97 Å². The summed E-state index contributed by atoms with van der Waals surface area (Å²) in [5.74, 6) is 1.89. The van der Waals surface area contributed by atoms with Gasteiger partial charge in [-0.15, -0.1) is 0 Å². The Hall–Kier alpha value is -1.88. The summed E-state index contributed by atoms with van der Waals surface area (Å²) in [6, 6.07) is 5.55. The largest absolute Gasteiger partial charge is 0.497 e. The molecule has 0 aliphatic carbocycles. The van der Waals surface area contributed by atoms with Crippen molar-refractivity contribution in [1.82, 2.24) is 9.97 Å². The van der Waals surface area contributed by atoms with Gasteiger partial charge in [-0.05, 0) is 24.7 Å². The number of ether oxygens (including phenoxy) is 1. The van der Waals surface area contributed by atoms with Crippen molar-refractivity contribution in [3.63, 3.8) is 0 Å². The Morgan fingerprint density at radius 3 is 2.81 bits per heavy atom. The van der Waals surface area contributed by atoms with Crippen LogP contribution in [0.15, 0.2) is 18.2 Å². The van der Waals surface area contributed by atoms with Crippen molar-refractivity contribution in [2.45, 2.75) is 6.42 Å². The van der Waals surface area contributed by atoms with Gasteiger partial charge in [-0.2, -0.15) is 0 Å². The molecule has 0 saturated carbocycles. The van der Waals surface area contributed by atoms with Gasteiger partial charge in [0, 0.05) is 11.8 Å². The monoisotopic (exact) mass is 218 g/mol. The van der Waals surface area contributed by atoms with Crippen LogP contribution in [0, 0.1) is 0 Å². The molecular weight excluding hydrogens is 204 g/mol. The molecule has 5 nitrogen and oxygen atoms in total. The van der Waals surface area contributed by atoms with E-state index < -0.39 is 0 Å². The smallest absolute Gasteiger partial charge is 0.135 e. The molecule has 84 valence electrons. The van der Waals surface area contributed by atoms with Crippen molar-refractivity contribution in [1.29, 1.82) is 0 Å². The fourth-order valence-electron chi connectivity index (χ4n) is 1.55. The molecule has 0 spiro atoms. The van der Waals surface area contributed by atoms with Crippen molar-refractivity contribution in [2.24, 2.45) is 5.73 Å². The first-order chi connectivity index (χ1) is 7.74. The lowest BCUT2D eigenvalue weighted by molar-refractivity contribution is 0.415. The molecule has 0 saturated heterocycles. The van der Waals surface area contributed by atoms with E-state index in [1.165, 1.54) is 0 Å². The third kappa shape index (κ3) is 1.90. The lowest BCUT2D eigenvalue weighted by Gasteiger charge is -2.06. The van der Waals surface area contributed by atoms with Crippen molar-refractivity contribution in [2.75, 3.05) is 19.4 Å². The number of benzene rings is 1. The van der Waals surface area contributed by atoms with Crippen LogP contribution in [0.1, 0.15) is 5.82 Å². The lowest BCUT2D eigenvalue weighted by Crippen LogP contribution is -2.08. The topological polar surface area (TPSA) is 87.0 Å². The van der Waals surface area contributed by atoms with Gasteiger partial charge in [0.1, 0.15) is 17.4 Å². The molecule has 0 radical (unpaired) electrons. The summed E-state index contributed by atoms with van der Waals surface area (Å²) in [6.45, 7) is 0.515. The standard InChI is InChI=1S/C11H14N4O/c1-16-7-2-3-9-8(6-7)11(13)15-10(14-9)4-5-12/h2-3,6H,4-5,12H2,1H3,(H2,13,14,15). The number of nitrogen functional groups attached to an aromatic ring is 1. The highest BCUT2D eigenvalue weighted by atomic mass is 16.5. The summed E-state index contributed by atoms with van der Waals surface area (Å²) < 4.78 is 5.12. The second-order valence-corrected chi connectivity index (χ2v) is 3.45. The molecule has 0 unspecified atom stereocenters. The predicted molar refractivity (Wildman–Crippen MR) is 63.3 cm³/mol. The van der Waals surface area contributed by atoms with Crippen molar-refractivity contribution < 1.29 is 4.74 Å². The maximum Gasteiger partial charge on any atom is 0.135 e. The quantitative estimate of drug-likeness (QED) is 0.792. The summed E-state index contributed by atoms with van der Waals surface area (Å²) in [7, 11) is 1.61. The van der Waals surface area contributed by atoms with E-state index in [4.69, 9.17) is 16.2 Å². The minimum atomic E-state index is 0.465. The fraction of sp³-hybridized carbons (Fsp3) is 0.273. The zero-order chi connectivity index (χ0) is 11.5. The normalized spacial score (nSPS) is 10.6. The number of rotatable bonds is 3. The number of nitrogens with two attached hydrogens (primary N) is 2. The van der Waals surface area contributed by atoms with E-state index in [1.54, 1.807) is 7.11 Å². The average Bonchev–Trinajstić information content (AvgIpc) is 2.29. The second-order valence-electron chi connectivity index (χ2n) is 3.45. The van der Waals surface area contributed by atoms with Crippen molar-refractivity contribution in [3.8, 4) is 5.75 Å². The van der Waals surface area contributed by atoms with E-state index >= 15 is 0 Å². The molecule has 0 bridgehead atoms. The molecule has 5 heteroatoms. The minimum Gasteiger partial charge on any atom is -0.497 e. The molecule has 0 aliphatic rings. The van der Waals surface area contributed by atoms with Crippen molar-refractivity contribution in [3.05, 3.63) is 24.0 Å². The van der Waals surface area contributed by atoms with E-state index in [0.717, 1.165) is 16.7 Å². The van der Waals surface area contributed by atoms with Gasteiger partial charge >= 0.3 is 0 Å². The predicted octanol–water partition coefficient (Wildman–Crippen LogP) is 0.722. The maximum absolute atomic E-state index is 5.86. The van der Waals surface area contributed by atoms with Gasteiger partial charge < -0.3 is 16.2 Å². The average molecular weight is 218 g/mol. The Kier molecular flexibility index (Phi) is 2.87. The Balaban J connectivity index is 2.57. The van der Waals surface area contributed by atoms with Gasteiger partial charge in [0.25, 0.3) is 0 Å². The first-order valence-corrected chi connectivity index (χ1v) is 5.05. The van der Waals surface area contributed by atoms with Gasteiger partial charge in [-0.3, -0.25) is 0 Å². The molecule has 0 atom stereocenters. The Labute approximate surface area is 93.4 Å². The van der Waals surface area contributed by atoms with Crippen LogP contribution in [0.2, 0.25) is 0 Å². The number of nitrogens with zero attached hydrogens (tertiary/aromatic N) is 2. The van der Waals surface area contributed by atoms with E-state index in [0.29, 0.717) is 24.6 Å². The molecule has 16 heavy (non-hydrogen) atoms. The summed E-state index contributed by atoms with van der Waals surface area (Å²) in [4.78, 5) is 8.57. The zero-order valence-electron chi connectivity index (χ0n) is 9.10. The zero-order valence-corrected chi connectivity index (χ0v) is 9.10. The first kappa shape index (κ1) is 10.6. The van der Waals surface area contributed by atoms with Gasteiger partial charge in [0.2, 0.25) is 0 Å². The van der Waals surface area contributed by atoms with Crippen LogP contribution in [-0.2, 0) is 6.42 Å². The fourth-order valence-corrected chi connectivity index (χ4v) is 1.55. The summed E-state index contributed by atoms with van der Waals surface area (Å²) in [5.41, 5.74) is 12.1. The molecule has 0 amide bonds. The van der Waals surface area contributed by atoms with Gasteiger partial charge in [-0.1, -0.05) is 0 Å². The third-order valence-electron chi connectivity index (χ3n) is 2.35. The van der Waals surface area contributed by atoms with Gasteiger partial charge in [0.15, 0.2) is 0 Å². The number of fused-ring (bicyclic) bond motifs is 1. The second kappa shape index (κ2) is 4.32. The highest BCUT2D eigenvalue weighted by molar-refractivity contribution is 5.89. The number of anilines is 1. The summed E-state index contributed by atoms with van der Waals surface area (Å²) >= 11 is 0. The molecule has 2 aromatic rings. The first-order valence-electron chi connectivity index (χ1n) is 5.05. The maximum atomic E-state index is 5.86. The van der Waals surface area contributed by atoms with Gasteiger partial charge in [-0.25, -0.2) is 9.97 Å². The Morgan fingerprint density at radius 1 is 1.31 bits per heavy atom. The molecule has 0 fully saturated rings. The Bertz CT molecular complexity index is 513. The van der Waals surface area contributed by atoms with Crippen LogP contribution >= 0.6 is 0 Å². The summed E-state index contributed by atoms with van der Waals surface area (Å²) in [6.07, 6.45) is 0.631. The van der Waals surface area contributed by atoms with Crippen LogP contribution in [0.5, 0.6) is 5.75 Å². The van der Waals surface area contributed by atoms with E-state index in [1.807, 2.05) is 18.2 Å².